The Morgan fingerprint density at radius 1 is 1.12 bits per heavy atom. The van der Waals surface area contributed by atoms with Crippen LogP contribution in [0.4, 0.5) is 10.5 Å². The molecule has 1 aromatic carbocycles. The Bertz CT molecular complexity index is 1310. The van der Waals surface area contributed by atoms with Crippen LogP contribution in [0.1, 0.15) is 18.4 Å². The summed E-state index contributed by atoms with van der Waals surface area (Å²) in [5.41, 5.74) is 4.34. The fourth-order valence-electron chi connectivity index (χ4n) is 4.09. The molecule has 10 N–H and O–H groups in total. The molecule has 41 heavy (non-hydrogen) atoms. The summed E-state index contributed by atoms with van der Waals surface area (Å²) in [6.45, 7) is 3.55. The van der Waals surface area contributed by atoms with Gasteiger partial charge in [-0.2, -0.15) is 5.10 Å². The summed E-state index contributed by atoms with van der Waals surface area (Å²) in [7, 11) is 0. The minimum atomic E-state index is -2.20. The fraction of sp³-hybridized carbons (Fsp3) is 0.520. The van der Waals surface area contributed by atoms with E-state index in [9.17, 15) is 9.59 Å². The first-order valence-corrected chi connectivity index (χ1v) is 13.1. The molecule has 1 aliphatic heterocycles. The number of morpholine rings is 1. The van der Waals surface area contributed by atoms with Crippen molar-refractivity contribution in [3.63, 3.8) is 0 Å². The Morgan fingerprint density at radius 2 is 1.85 bits per heavy atom. The van der Waals surface area contributed by atoms with Gasteiger partial charge in [0, 0.05) is 25.7 Å². The van der Waals surface area contributed by atoms with Crippen LogP contribution >= 0.6 is 0 Å². The maximum absolute atomic E-state index is 12.0. The number of anilines is 1. The molecule has 0 unspecified atom stereocenters. The molecule has 1 saturated heterocycles. The van der Waals surface area contributed by atoms with Gasteiger partial charge in [0.25, 0.3) is 0 Å². The molecule has 2 amide bonds. The number of urea groups is 1. The monoisotopic (exact) mass is 577 g/mol. The van der Waals surface area contributed by atoms with Crippen LogP contribution in [0.3, 0.4) is 0 Å². The normalized spacial score (nSPS) is 18.6. The van der Waals surface area contributed by atoms with Crippen molar-refractivity contribution < 1.29 is 45.0 Å². The molecule has 0 bridgehead atoms. The summed E-state index contributed by atoms with van der Waals surface area (Å²) in [4.78, 5) is 32.5. The molecule has 0 spiro atoms. The van der Waals surface area contributed by atoms with Gasteiger partial charge in [-0.05, 0) is 30.5 Å². The number of nitrogens with zero attached hydrogens (tertiary/aromatic N) is 3. The van der Waals surface area contributed by atoms with Crippen LogP contribution in [0.25, 0.3) is 22.6 Å². The zero-order valence-electron chi connectivity index (χ0n) is 22.1. The Kier molecular flexibility index (Phi) is 10.2. The first kappa shape index (κ1) is 30.3. The van der Waals surface area contributed by atoms with Crippen LogP contribution in [0.15, 0.2) is 24.4 Å². The second-order valence-electron chi connectivity index (χ2n) is 9.87. The van der Waals surface area contributed by atoms with E-state index < -0.39 is 37.0 Å². The number of benzene rings is 1. The van der Waals surface area contributed by atoms with Crippen molar-refractivity contribution in [1.29, 1.82) is 0 Å². The third-order valence-electron chi connectivity index (χ3n) is 6.60. The van der Waals surface area contributed by atoms with Crippen molar-refractivity contribution in [3.8, 4) is 11.5 Å². The number of aliphatic hydroxyl groups excluding tert-OH is 5. The van der Waals surface area contributed by atoms with Gasteiger partial charge in [0.05, 0.1) is 42.7 Å². The van der Waals surface area contributed by atoms with Crippen LogP contribution in [-0.4, -0.2) is 131 Å². The van der Waals surface area contributed by atoms with Gasteiger partial charge in [-0.15, -0.1) is 0 Å². The molecule has 2 aliphatic rings. The first-order valence-electron chi connectivity index (χ1n) is 13.1. The van der Waals surface area contributed by atoms with E-state index in [4.69, 9.17) is 35.4 Å². The zero-order valence-corrected chi connectivity index (χ0v) is 22.1. The van der Waals surface area contributed by atoms with Gasteiger partial charge in [0.2, 0.25) is 0 Å². The third kappa shape index (κ3) is 8.20. The molecule has 5 rings (SSSR count). The van der Waals surface area contributed by atoms with Crippen molar-refractivity contribution in [3.05, 3.63) is 30.0 Å². The van der Waals surface area contributed by atoms with Crippen LogP contribution in [0.5, 0.6) is 0 Å². The van der Waals surface area contributed by atoms with E-state index in [2.05, 4.69) is 47.8 Å². The van der Waals surface area contributed by atoms with Crippen molar-refractivity contribution in [2.45, 2.75) is 49.8 Å². The number of carbonyl (C=O) groups excluding carboxylic acids is 1. The average molecular weight is 578 g/mol. The molecule has 1 saturated carbocycles. The van der Waals surface area contributed by atoms with Crippen LogP contribution < -0.4 is 10.6 Å². The van der Waals surface area contributed by atoms with E-state index in [0.717, 1.165) is 56.7 Å². The molecule has 16 heteroatoms. The Labute approximate surface area is 234 Å². The number of aliphatic hydroxyl groups is 5. The number of amides is 2. The topological polar surface area (TPSA) is 249 Å². The molecule has 2 fully saturated rings. The quantitative estimate of drug-likeness (QED) is 0.133. The van der Waals surface area contributed by atoms with Gasteiger partial charge in [0.1, 0.15) is 24.0 Å². The Balaban J connectivity index is 0.000000254. The summed E-state index contributed by atoms with van der Waals surface area (Å²) >= 11 is 0. The van der Waals surface area contributed by atoms with Gasteiger partial charge >= 0.3 is 12.0 Å². The number of imidazole rings is 1. The van der Waals surface area contributed by atoms with Gasteiger partial charge < -0.3 is 51.0 Å². The molecular formula is C25H35N7O9. The second kappa shape index (κ2) is 13.8. The number of H-pyrrole nitrogens is 2. The number of hydrogen-bond donors (Lipinski definition) is 10. The lowest BCUT2D eigenvalue weighted by atomic mass is 10.0. The molecule has 224 valence electrons. The number of aromatic amines is 2. The number of carbonyl (C=O) groups is 2. The van der Waals surface area contributed by atoms with Gasteiger partial charge in [0.15, 0.2) is 11.9 Å². The number of ether oxygens (including phenoxy) is 1. The number of aliphatic carboxylic acids is 1. The molecule has 16 nitrogen and oxygen atoms in total. The number of nitrogens with one attached hydrogen (secondary N) is 4. The molecular weight excluding hydrogens is 542 g/mol. The predicted octanol–water partition coefficient (Wildman–Crippen LogP) is -1.42. The lowest BCUT2D eigenvalue weighted by molar-refractivity contribution is -0.164. The summed E-state index contributed by atoms with van der Waals surface area (Å²) in [6, 6.07) is 6.34. The molecule has 1 aliphatic carbocycles. The average Bonchev–Trinajstić information content (AvgIpc) is 3.49. The number of carboxylic acid groups (broad SMARTS) is 1. The number of hydrogen-bond acceptors (Lipinski definition) is 11. The van der Waals surface area contributed by atoms with E-state index in [1.165, 1.54) is 5.56 Å². The number of rotatable bonds is 10. The van der Waals surface area contributed by atoms with E-state index in [1.807, 2.05) is 6.07 Å². The Morgan fingerprint density at radius 3 is 2.51 bits per heavy atom. The molecule has 4 atom stereocenters. The second-order valence-corrected chi connectivity index (χ2v) is 9.87. The largest absolute Gasteiger partial charge is 0.479 e. The minimum Gasteiger partial charge on any atom is -0.479 e. The van der Waals surface area contributed by atoms with E-state index >= 15 is 0 Å². The van der Waals surface area contributed by atoms with Crippen LogP contribution in [0, 0.1) is 0 Å². The predicted molar refractivity (Wildman–Crippen MR) is 144 cm³/mol. The van der Waals surface area contributed by atoms with E-state index in [0.29, 0.717) is 23.2 Å². The fourth-order valence-corrected chi connectivity index (χ4v) is 4.09. The van der Waals surface area contributed by atoms with Crippen molar-refractivity contribution >= 4 is 28.7 Å². The maximum Gasteiger partial charge on any atom is 0.335 e. The van der Waals surface area contributed by atoms with Gasteiger partial charge in [-0.1, -0.05) is 6.07 Å². The van der Waals surface area contributed by atoms with Gasteiger partial charge in [-0.3, -0.25) is 10.00 Å². The number of carboxylic acids is 1. The zero-order chi connectivity index (χ0) is 29.5. The summed E-state index contributed by atoms with van der Waals surface area (Å²) in [6.07, 6.45) is -4.15. The first-order chi connectivity index (χ1) is 19.7. The molecule has 2 aromatic heterocycles. The lowest BCUT2D eigenvalue weighted by Gasteiger charge is -2.26. The third-order valence-corrected chi connectivity index (χ3v) is 6.60. The maximum atomic E-state index is 12.0. The highest BCUT2D eigenvalue weighted by Gasteiger charge is 2.33. The Hall–Kier alpha value is -3.64. The highest BCUT2D eigenvalue weighted by molar-refractivity contribution is 5.93. The summed E-state index contributed by atoms with van der Waals surface area (Å²) < 4.78 is 5.41. The van der Waals surface area contributed by atoms with E-state index in [1.54, 1.807) is 6.20 Å². The molecule has 3 heterocycles. The SMILES string of the molecule is O=C(Nc1cn[nH]c1-c1nc2ccc(CN3CCOCC3)cc2[nH]1)NC1CC1.O=C(O)[C@@H](O)[C@H](O)[C@@H](O)[C@@H](O)CO. The summed E-state index contributed by atoms with van der Waals surface area (Å²) in [5, 5.41) is 64.6. The molecule has 0 radical (unpaired) electrons. The van der Waals surface area contributed by atoms with Crippen molar-refractivity contribution in [1.82, 2.24) is 30.4 Å². The number of fused-ring (bicyclic) bond motifs is 1. The smallest absolute Gasteiger partial charge is 0.335 e. The van der Waals surface area contributed by atoms with E-state index in [-0.39, 0.29) is 6.03 Å². The van der Waals surface area contributed by atoms with Crippen molar-refractivity contribution in [2.24, 2.45) is 0 Å². The van der Waals surface area contributed by atoms with Crippen LogP contribution in [0.2, 0.25) is 0 Å². The molecule has 3 aromatic rings. The summed E-state index contributed by atoms with van der Waals surface area (Å²) in [5.74, 6) is -1.07. The number of aromatic nitrogens is 4. The van der Waals surface area contributed by atoms with Crippen molar-refractivity contribution in [2.75, 3.05) is 38.2 Å². The minimum absolute atomic E-state index is 0.214. The lowest BCUT2D eigenvalue weighted by Crippen LogP contribution is -2.48. The standard InChI is InChI=1S/C19H23N7O2.C6H12O7/c27-19(21-13-2-3-13)24-16-10-20-25-17(16)18-22-14-4-1-12(9-15(14)23-18)11-26-5-7-28-8-6-26;7-1-2(8)3(9)4(10)5(11)6(12)13/h1,4,9-10,13H,2-3,5-8,11H2,(H,20,25)(H,22,23)(H2,21,24,27);2-5,7-11H,1H2,(H,12,13)/t;2-,3-,4+,5-/m.0/s1. The van der Waals surface area contributed by atoms with Gasteiger partial charge in [-0.25, -0.2) is 14.6 Å². The van der Waals surface area contributed by atoms with Crippen LogP contribution in [-0.2, 0) is 16.1 Å². The highest BCUT2D eigenvalue weighted by atomic mass is 16.5. The highest BCUT2D eigenvalue weighted by Crippen LogP contribution is 2.26.